The highest BCUT2D eigenvalue weighted by atomic mass is 16.5. The van der Waals surface area contributed by atoms with E-state index in [0.29, 0.717) is 11.7 Å². The van der Waals surface area contributed by atoms with E-state index in [2.05, 4.69) is 0 Å². The van der Waals surface area contributed by atoms with E-state index in [9.17, 15) is 9.59 Å². The fraction of sp³-hybridized carbons (Fsp3) is 0.579. The number of aliphatic carboxylic acids is 1. The van der Waals surface area contributed by atoms with E-state index in [0.717, 1.165) is 12.1 Å². The summed E-state index contributed by atoms with van der Waals surface area (Å²) >= 11 is 0. The summed E-state index contributed by atoms with van der Waals surface area (Å²) in [7, 11) is 1.78. The molecular formula is C19H27NO4. The molecule has 132 valence electrons. The Balaban J connectivity index is 1.90. The summed E-state index contributed by atoms with van der Waals surface area (Å²) in [5, 5.41) is 8.61. The van der Waals surface area contributed by atoms with Crippen LogP contribution in [-0.2, 0) is 9.59 Å². The minimum absolute atomic E-state index is 0.0148. The van der Waals surface area contributed by atoms with Crippen LogP contribution >= 0.6 is 0 Å². The lowest BCUT2D eigenvalue weighted by Gasteiger charge is -2.27. The number of ether oxygens (including phenoxy) is 1. The third kappa shape index (κ3) is 5.25. The third-order valence-corrected chi connectivity index (χ3v) is 4.75. The topological polar surface area (TPSA) is 66.8 Å². The van der Waals surface area contributed by atoms with Gasteiger partial charge < -0.3 is 14.7 Å². The Kier molecular flexibility index (Phi) is 6.64. The van der Waals surface area contributed by atoms with Crippen LogP contribution in [0.15, 0.2) is 24.3 Å². The van der Waals surface area contributed by atoms with Crippen molar-refractivity contribution < 1.29 is 19.4 Å². The van der Waals surface area contributed by atoms with Crippen LogP contribution < -0.4 is 9.64 Å². The molecule has 0 radical (unpaired) electrons. The molecule has 1 aromatic carbocycles. The smallest absolute Gasteiger partial charge is 0.341 e. The molecule has 2 rings (SSSR count). The number of hydrogen-bond donors (Lipinski definition) is 1. The number of amides is 1. The lowest BCUT2D eigenvalue weighted by molar-refractivity contribution is -0.139. The fourth-order valence-corrected chi connectivity index (χ4v) is 3.39. The molecule has 5 nitrogen and oxygen atoms in total. The van der Waals surface area contributed by atoms with Crippen LogP contribution in [0.1, 0.15) is 45.4 Å². The highest BCUT2D eigenvalue weighted by Crippen LogP contribution is 2.30. The van der Waals surface area contributed by atoms with Crippen molar-refractivity contribution in [3.05, 3.63) is 24.3 Å². The molecule has 0 bridgehead atoms. The highest BCUT2D eigenvalue weighted by molar-refractivity contribution is 5.94. The normalized spacial score (nSPS) is 16.4. The summed E-state index contributed by atoms with van der Waals surface area (Å²) in [6, 6.07) is 6.94. The van der Waals surface area contributed by atoms with Gasteiger partial charge in [-0.1, -0.05) is 39.0 Å². The van der Waals surface area contributed by atoms with E-state index in [4.69, 9.17) is 9.84 Å². The van der Waals surface area contributed by atoms with Crippen LogP contribution in [0.2, 0.25) is 0 Å². The molecule has 0 aliphatic heterocycles. The Morgan fingerprint density at radius 3 is 2.42 bits per heavy atom. The number of anilines is 1. The molecule has 0 aromatic heterocycles. The van der Waals surface area contributed by atoms with Crippen LogP contribution in [0.5, 0.6) is 5.75 Å². The van der Waals surface area contributed by atoms with Crippen molar-refractivity contribution in [1.29, 1.82) is 0 Å². The van der Waals surface area contributed by atoms with Gasteiger partial charge in [0.25, 0.3) is 0 Å². The second kappa shape index (κ2) is 8.71. The van der Waals surface area contributed by atoms with Gasteiger partial charge in [-0.15, -0.1) is 0 Å². The van der Waals surface area contributed by atoms with Crippen LogP contribution in [0, 0.1) is 11.8 Å². The molecule has 1 unspecified atom stereocenters. The number of nitrogens with zero attached hydrogens (tertiary/aromatic N) is 1. The second-order valence-electron chi connectivity index (χ2n) is 6.71. The van der Waals surface area contributed by atoms with E-state index in [1.54, 1.807) is 36.2 Å². The number of carbonyl (C=O) groups excluding carboxylic acids is 1. The molecule has 1 aliphatic rings. The van der Waals surface area contributed by atoms with Gasteiger partial charge in [-0.05, 0) is 36.6 Å². The van der Waals surface area contributed by atoms with Gasteiger partial charge in [0.1, 0.15) is 5.75 Å². The molecule has 1 aliphatic carbocycles. The summed E-state index contributed by atoms with van der Waals surface area (Å²) in [5.74, 6) is 0.291. The lowest BCUT2D eigenvalue weighted by Crippen LogP contribution is -2.32. The van der Waals surface area contributed by atoms with Gasteiger partial charge in [-0.2, -0.15) is 0 Å². The van der Waals surface area contributed by atoms with Crippen LogP contribution in [0.25, 0.3) is 0 Å². The monoisotopic (exact) mass is 333 g/mol. The standard InChI is InChI=1S/C19H27NO4/c1-14(12-15-6-4-3-5-7-15)19(23)20(2)16-8-10-17(11-9-16)24-13-18(21)22/h8-11,14-15H,3-7,12-13H2,1-2H3,(H,21,22). The number of carboxylic acid groups (broad SMARTS) is 1. The van der Waals surface area contributed by atoms with Crippen molar-refractivity contribution in [2.24, 2.45) is 11.8 Å². The average Bonchev–Trinajstić information content (AvgIpc) is 2.60. The predicted molar refractivity (Wildman–Crippen MR) is 93.3 cm³/mol. The molecule has 1 saturated carbocycles. The Bertz CT molecular complexity index is 549. The third-order valence-electron chi connectivity index (χ3n) is 4.75. The number of rotatable bonds is 7. The van der Waals surface area contributed by atoms with Gasteiger partial charge in [0, 0.05) is 18.7 Å². The molecule has 5 heteroatoms. The quantitative estimate of drug-likeness (QED) is 0.826. The Hall–Kier alpha value is -2.04. The summed E-state index contributed by atoms with van der Waals surface area (Å²) in [6.07, 6.45) is 7.37. The summed E-state index contributed by atoms with van der Waals surface area (Å²) in [4.78, 5) is 24.8. The number of carboxylic acids is 1. The van der Waals surface area contributed by atoms with Gasteiger partial charge in [0.2, 0.25) is 5.91 Å². The van der Waals surface area contributed by atoms with Gasteiger partial charge in [0.15, 0.2) is 6.61 Å². The van der Waals surface area contributed by atoms with E-state index < -0.39 is 5.97 Å². The maximum Gasteiger partial charge on any atom is 0.341 e. The number of hydrogen-bond acceptors (Lipinski definition) is 3. The number of benzene rings is 1. The van der Waals surface area contributed by atoms with E-state index in [-0.39, 0.29) is 18.4 Å². The molecular weight excluding hydrogens is 306 g/mol. The fourth-order valence-electron chi connectivity index (χ4n) is 3.39. The first kappa shape index (κ1) is 18.3. The molecule has 0 spiro atoms. The van der Waals surface area contributed by atoms with Gasteiger partial charge in [0.05, 0.1) is 0 Å². The van der Waals surface area contributed by atoms with Crippen LogP contribution in [-0.4, -0.2) is 30.6 Å². The Morgan fingerprint density at radius 2 is 1.83 bits per heavy atom. The van der Waals surface area contributed by atoms with E-state index in [1.165, 1.54) is 32.1 Å². The minimum Gasteiger partial charge on any atom is -0.482 e. The zero-order valence-electron chi connectivity index (χ0n) is 14.5. The maximum absolute atomic E-state index is 12.6. The summed E-state index contributed by atoms with van der Waals surface area (Å²) in [6.45, 7) is 1.64. The summed E-state index contributed by atoms with van der Waals surface area (Å²) < 4.78 is 5.11. The highest BCUT2D eigenvalue weighted by Gasteiger charge is 2.23. The summed E-state index contributed by atoms with van der Waals surface area (Å²) in [5.41, 5.74) is 0.790. The van der Waals surface area contributed by atoms with Crippen molar-refractivity contribution in [3.8, 4) is 5.75 Å². The largest absolute Gasteiger partial charge is 0.482 e. The first-order valence-corrected chi connectivity index (χ1v) is 8.69. The van der Waals surface area contributed by atoms with Crippen molar-refractivity contribution in [1.82, 2.24) is 0 Å². The second-order valence-corrected chi connectivity index (χ2v) is 6.71. The average molecular weight is 333 g/mol. The van der Waals surface area contributed by atoms with Crippen LogP contribution in [0.3, 0.4) is 0 Å². The Labute approximate surface area is 143 Å². The molecule has 1 amide bonds. The molecule has 1 atom stereocenters. The van der Waals surface area contributed by atoms with E-state index in [1.807, 2.05) is 6.92 Å². The van der Waals surface area contributed by atoms with Crippen molar-refractivity contribution in [2.75, 3.05) is 18.6 Å². The Morgan fingerprint density at radius 1 is 1.21 bits per heavy atom. The first-order chi connectivity index (χ1) is 11.5. The zero-order chi connectivity index (χ0) is 17.5. The number of carbonyl (C=O) groups is 2. The van der Waals surface area contributed by atoms with Gasteiger partial charge >= 0.3 is 5.97 Å². The van der Waals surface area contributed by atoms with Crippen LogP contribution in [0.4, 0.5) is 5.69 Å². The van der Waals surface area contributed by atoms with Gasteiger partial charge in [-0.25, -0.2) is 4.79 Å². The molecule has 24 heavy (non-hydrogen) atoms. The zero-order valence-corrected chi connectivity index (χ0v) is 14.5. The van der Waals surface area contributed by atoms with Crippen molar-refractivity contribution in [3.63, 3.8) is 0 Å². The predicted octanol–water partition coefficient (Wildman–Crippen LogP) is 3.72. The van der Waals surface area contributed by atoms with E-state index >= 15 is 0 Å². The molecule has 1 aromatic rings. The van der Waals surface area contributed by atoms with Gasteiger partial charge in [-0.3, -0.25) is 4.79 Å². The molecule has 0 saturated heterocycles. The van der Waals surface area contributed by atoms with Crippen molar-refractivity contribution in [2.45, 2.75) is 45.4 Å². The molecule has 1 fully saturated rings. The first-order valence-electron chi connectivity index (χ1n) is 8.69. The maximum atomic E-state index is 12.6. The molecule has 0 heterocycles. The minimum atomic E-state index is -1.01. The molecule has 1 N–H and O–H groups in total. The lowest BCUT2D eigenvalue weighted by atomic mass is 9.83. The van der Waals surface area contributed by atoms with Crippen molar-refractivity contribution >= 4 is 17.6 Å². The SMILES string of the molecule is CC(CC1CCCCC1)C(=O)N(C)c1ccc(OCC(=O)O)cc1.